The molecule has 0 saturated carbocycles. The molecule has 0 radical (unpaired) electrons. The molecule has 3 aromatic heterocycles. The molecule has 10 heteroatoms. The van der Waals surface area contributed by atoms with Crippen LogP contribution in [0.25, 0.3) is 22.4 Å². The Morgan fingerprint density at radius 1 is 1.14 bits per heavy atom. The van der Waals surface area contributed by atoms with Crippen LogP contribution in [0.15, 0.2) is 56.8 Å². The Morgan fingerprint density at radius 2 is 1.89 bits per heavy atom. The molecule has 0 saturated heterocycles. The molecule has 0 aliphatic carbocycles. The van der Waals surface area contributed by atoms with Crippen LogP contribution in [-0.2, 0) is 25.4 Å². The van der Waals surface area contributed by atoms with E-state index in [9.17, 15) is 14.4 Å². The molecule has 0 fully saturated rings. The van der Waals surface area contributed by atoms with Crippen LogP contribution in [0.5, 0.6) is 0 Å². The summed E-state index contributed by atoms with van der Waals surface area (Å²) in [5.41, 5.74) is 0.829. The summed E-state index contributed by atoms with van der Waals surface area (Å²) in [4.78, 5) is 40.9. The zero-order valence-electron chi connectivity index (χ0n) is 15.1. The third-order valence-corrected chi connectivity index (χ3v) is 4.37. The SMILES string of the molecule is Cn1c(=O)c2c(ncn2CC(=O)Nc2cc(-c3ccccc3)no2)n(C)c1=O. The number of carbonyl (C=O) groups is 1. The van der Waals surface area contributed by atoms with E-state index in [0.29, 0.717) is 5.69 Å². The van der Waals surface area contributed by atoms with E-state index >= 15 is 0 Å². The predicted molar refractivity (Wildman–Crippen MR) is 101 cm³/mol. The van der Waals surface area contributed by atoms with Crippen LogP contribution in [-0.4, -0.2) is 29.7 Å². The lowest BCUT2D eigenvalue weighted by Gasteiger charge is -2.06. The molecule has 0 aliphatic rings. The van der Waals surface area contributed by atoms with E-state index in [4.69, 9.17) is 4.52 Å². The first-order valence-corrected chi connectivity index (χ1v) is 8.38. The van der Waals surface area contributed by atoms with Gasteiger partial charge < -0.3 is 9.09 Å². The maximum absolute atomic E-state index is 12.4. The molecule has 1 aromatic carbocycles. The van der Waals surface area contributed by atoms with Crippen molar-refractivity contribution in [3.05, 3.63) is 63.6 Å². The summed E-state index contributed by atoms with van der Waals surface area (Å²) in [5.74, 6) is -0.237. The minimum atomic E-state index is -0.519. The average molecular weight is 380 g/mol. The van der Waals surface area contributed by atoms with Crippen LogP contribution in [0, 0.1) is 0 Å². The first-order valence-electron chi connectivity index (χ1n) is 8.38. The predicted octanol–water partition coefficient (Wildman–Crippen LogP) is 0.727. The van der Waals surface area contributed by atoms with Gasteiger partial charge in [0.1, 0.15) is 12.2 Å². The lowest BCUT2D eigenvalue weighted by molar-refractivity contribution is -0.116. The van der Waals surface area contributed by atoms with Crippen molar-refractivity contribution in [2.24, 2.45) is 14.1 Å². The molecule has 1 N–H and O–H groups in total. The number of aromatic nitrogens is 5. The largest absolute Gasteiger partial charge is 0.338 e. The number of hydrogen-bond donors (Lipinski definition) is 1. The van der Waals surface area contributed by atoms with Gasteiger partial charge in [-0.1, -0.05) is 35.5 Å². The lowest BCUT2D eigenvalue weighted by atomic mass is 10.2. The van der Waals surface area contributed by atoms with Gasteiger partial charge in [-0.2, -0.15) is 0 Å². The van der Waals surface area contributed by atoms with Crippen molar-refractivity contribution in [1.29, 1.82) is 0 Å². The molecule has 0 atom stereocenters. The molecule has 4 rings (SSSR count). The zero-order chi connectivity index (χ0) is 19.8. The van der Waals surface area contributed by atoms with Gasteiger partial charge in [0.15, 0.2) is 11.2 Å². The molecule has 1 amide bonds. The Labute approximate surface area is 157 Å². The molecule has 0 aliphatic heterocycles. The van der Waals surface area contributed by atoms with Crippen molar-refractivity contribution < 1.29 is 9.32 Å². The van der Waals surface area contributed by atoms with Crippen LogP contribution >= 0.6 is 0 Å². The number of amides is 1. The van der Waals surface area contributed by atoms with Crippen LogP contribution in [0.1, 0.15) is 0 Å². The van der Waals surface area contributed by atoms with Crippen molar-refractivity contribution in [3.63, 3.8) is 0 Å². The molecule has 0 bridgehead atoms. The Balaban J connectivity index is 1.58. The van der Waals surface area contributed by atoms with Gasteiger partial charge >= 0.3 is 5.69 Å². The highest BCUT2D eigenvalue weighted by molar-refractivity contribution is 5.90. The van der Waals surface area contributed by atoms with Gasteiger partial charge in [-0.25, -0.2) is 9.78 Å². The summed E-state index contributed by atoms with van der Waals surface area (Å²) in [6, 6.07) is 11.0. The molecule has 10 nitrogen and oxygen atoms in total. The van der Waals surface area contributed by atoms with E-state index < -0.39 is 17.2 Å². The molecule has 3 heterocycles. The summed E-state index contributed by atoms with van der Waals surface area (Å²) in [7, 11) is 2.89. The summed E-state index contributed by atoms with van der Waals surface area (Å²) >= 11 is 0. The number of rotatable bonds is 4. The van der Waals surface area contributed by atoms with Crippen molar-refractivity contribution in [2.45, 2.75) is 6.54 Å². The highest BCUT2D eigenvalue weighted by Gasteiger charge is 2.17. The fraction of sp³-hybridized carbons (Fsp3) is 0.167. The average Bonchev–Trinajstić information content (AvgIpc) is 3.33. The van der Waals surface area contributed by atoms with Gasteiger partial charge in [-0.05, 0) is 0 Å². The van der Waals surface area contributed by atoms with Gasteiger partial charge in [0, 0.05) is 25.7 Å². The van der Waals surface area contributed by atoms with E-state index in [2.05, 4.69) is 15.5 Å². The summed E-state index contributed by atoms with van der Waals surface area (Å²) in [6.45, 7) is -0.175. The molecule has 28 heavy (non-hydrogen) atoms. The zero-order valence-corrected chi connectivity index (χ0v) is 15.1. The van der Waals surface area contributed by atoms with Gasteiger partial charge in [0.05, 0.1) is 6.33 Å². The summed E-state index contributed by atoms with van der Waals surface area (Å²) in [5, 5.41) is 6.53. The van der Waals surface area contributed by atoms with Crippen molar-refractivity contribution >= 4 is 23.0 Å². The van der Waals surface area contributed by atoms with Gasteiger partial charge in [0.2, 0.25) is 11.8 Å². The maximum atomic E-state index is 12.4. The first kappa shape index (κ1) is 17.5. The third kappa shape index (κ3) is 2.90. The normalized spacial score (nSPS) is 11.1. The van der Waals surface area contributed by atoms with Crippen LogP contribution < -0.4 is 16.6 Å². The van der Waals surface area contributed by atoms with Crippen LogP contribution in [0.4, 0.5) is 5.88 Å². The van der Waals surface area contributed by atoms with E-state index in [1.54, 1.807) is 6.07 Å². The number of imidazole rings is 1. The molecular weight excluding hydrogens is 364 g/mol. The maximum Gasteiger partial charge on any atom is 0.332 e. The number of nitrogens with one attached hydrogen (secondary N) is 1. The van der Waals surface area contributed by atoms with Crippen molar-refractivity contribution in [2.75, 3.05) is 5.32 Å². The fourth-order valence-electron chi connectivity index (χ4n) is 2.93. The summed E-state index contributed by atoms with van der Waals surface area (Å²) in [6.07, 6.45) is 1.35. The number of carbonyl (C=O) groups excluding carboxylic acids is 1. The quantitative estimate of drug-likeness (QED) is 0.558. The van der Waals surface area contributed by atoms with Crippen LogP contribution in [0.3, 0.4) is 0 Å². The van der Waals surface area contributed by atoms with Crippen molar-refractivity contribution in [3.8, 4) is 11.3 Å². The second-order valence-electron chi connectivity index (χ2n) is 6.24. The Kier molecular flexibility index (Phi) is 4.15. The number of hydrogen-bond acceptors (Lipinski definition) is 6. The number of fused-ring (bicyclic) bond motifs is 1. The van der Waals surface area contributed by atoms with E-state index in [1.165, 1.54) is 29.6 Å². The molecule has 0 unspecified atom stereocenters. The minimum absolute atomic E-state index is 0.169. The fourth-order valence-corrected chi connectivity index (χ4v) is 2.93. The standard InChI is InChI=1S/C18H16N6O4/c1-22-16-15(17(26)23(2)18(22)27)24(10-19-16)9-13(25)20-14-8-12(21-28-14)11-6-4-3-5-7-11/h3-8,10H,9H2,1-2H3,(H,20,25). The third-order valence-electron chi connectivity index (χ3n) is 4.37. The molecule has 142 valence electrons. The van der Waals surface area contributed by atoms with Crippen molar-refractivity contribution in [1.82, 2.24) is 23.8 Å². The Hall–Kier alpha value is -3.95. The lowest BCUT2D eigenvalue weighted by Crippen LogP contribution is -2.37. The number of benzene rings is 1. The molecule has 0 spiro atoms. The Morgan fingerprint density at radius 3 is 2.64 bits per heavy atom. The van der Waals surface area contributed by atoms with Gasteiger partial charge in [-0.15, -0.1) is 0 Å². The second-order valence-corrected chi connectivity index (χ2v) is 6.24. The first-order chi connectivity index (χ1) is 13.5. The minimum Gasteiger partial charge on any atom is -0.338 e. The van der Waals surface area contributed by atoms with Gasteiger partial charge in [-0.3, -0.25) is 24.0 Å². The van der Waals surface area contributed by atoms with E-state index in [1.807, 2.05) is 30.3 Å². The molecular formula is C18H16N6O4. The highest BCUT2D eigenvalue weighted by atomic mass is 16.5. The monoisotopic (exact) mass is 380 g/mol. The summed E-state index contributed by atoms with van der Waals surface area (Å²) < 4.78 is 8.78. The van der Waals surface area contributed by atoms with E-state index in [-0.39, 0.29) is 23.6 Å². The van der Waals surface area contributed by atoms with Crippen LogP contribution in [0.2, 0.25) is 0 Å². The molecule has 4 aromatic rings. The topological polar surface area (TPSA) is 117 Å². The number of aryl methyl sites for hydroxylation is 1. The Bertz CT molecular complexity index is 1300. The highest BCUT2D eigenvalue weighted by Crippen LogP contribution is 2.21. The smallest absolute Gasteiger partial charge is 0.332 e. The van der Waals surface area contributed by atoms with E-state index in [0.717, 1.165) is 10.1 Å². The second kappa shape index (κ2) is 6.65. The van der Waals surface area contributed by atoms with Gasteiger partial charge in [0.25, 0.3) is 5.56 Å². The number of nitrogens with zero attached hydrogens (tertiary/aromatic N) is 5. The number of anilines is 1.